The fourth-order valence-electron chi connectivity index (χ4n) is 2.75. The molecule has 2 rings (SSSR count). The molecule has 1 fully saturated rings. The van der Waals surface area contributed by atoms with E-state index in [1.54, 1.807) is 0 Å². The maximum Gasteiger partial charge on any atom is 0.224 e. The number of rotatable bonds is 7. The highest BCUT2D eigenvalue weighted by atomic mass is 16.5. The molecule has 0 aliphatic heterocycles. The molecule has 1 aliphatic carbocycles. The van der Waals surface area contributed by atoms with Crippen LogP contribution < -0.4 is 15.8 Å². The van der Waals surface area contributed by atoms with Crippen molar-refractivity contribution >= 4 is 11.6 Å². The van der Waals surface area contributed by atoms with Crippen LogP contribution in [-0.4, -0.2) is 44.1 Å². The minimum Gasteiger partial charge on any atom is -0.492 e. The molecule has 0 heterocycles. The lowest BCUT2D eigenvalue weighted by molar-refractivity contribution is -0.117. The number of ether oxygens (including phenoxy) is 1. The van der Waals surface area contributed by atoms with Crippen LogP contribution in [0.25, 0.3) is 0 Å². The molecule has 0 unspecified atom stereocenters. The van der Waals surface area contributed by atoms with E-state index in [9.17, 15) is 4.79 Å². The Morgan fingerprint density at radius 2 is 2.05 bits per heavy atom. The predicted molar refractivity (Wildman–Crippen MR) is 89.1 cm³/mol. The highest BCUT2D eigenvalue weighted by Crippen LogP contribution is 2.27. The number of nitrogens with two attached hydrogens (primary N) is 1. The molecule has 0 saturated heterocycles. The smallest absolute Gasteiger partial charge is 0.224 e. The lowest BCUT2D eigenvalue weighted by atomic mass is 10.00. The lowest BCUT2D eigenvalue weighted by Crippen LogP contribution is -2.28. The number of carbonyl (C=O) groups is 1. The molecule has 3 N–H and O–H groups in total. The molecule has 1 aliphatic rings. The molecule has 0 radical (unpaired) electrons. The van der Waals surface area contributed by atoms with Gasteiger partial charge in [0.2, 0.25) is 5.91 Å². The molecule has 0 spiro atoms. The van der Waals surface area contributed by atoms with E-state index in [0.29, 0.717) is 18.9 Å². The summed E-state index contributed by atoms with van der Waals surface area (Å²) in [6.45, 7) is 1.53. The van der Waals surface area contributed by atoms with Crippen LogP contribution in [0.15, 0.2) is 24.3 Å². The molecule has 1 saturated carbocycles. The van der Waals surface area contributed by atoms with Gasteiger partial charge in [0.25, 0.3) is 0 Å². The summed E-state index contributed by atoms with van der Waals surface area (Å²) in [5, 5.41) is 2.93. The van der Waals surface area contributed by atoms with Gasteiger partial charge in [0, 0.05) is 24.7 Å². The van der Waals surface area contributed by atoms with Gasteiger partial charge in [-0.05, 0) is 57.1 Å². The van der Waals surface area contributed by atoms with Crippen LogP contribution in [0.3, 0.4) is 0 Å². The SMILES string of the molecule is CN(C)CCOc1ccc(NC(=O)C[C@@H]2CCC[C@H]2N)cc1. The van der Waals surface area contributed by atoms with E-state index in [1.165, 1.54) is 0 Å². The molecule has 1 amide bonds. The molecule has 122 valence electrons. The minimum absolute atomic E-state index is 0.0450. The molecule has 22 heavy (non-hydrogen) atoms. The van der Waals surface area contributed by atoms with E-state index in [4.69, 9.17) is 10.5 Å². The van der Waals surface area contributed by atoms with Crippen molar-refractivity contribution in [2.24, 2.45) is 11.7 Å². The maximum absolute atomic E-state index is 12.0. The highest BCUT2D eigenvalue weighted by molar-refractivity contribution is 5.90. The lowest BCUT2D eigenvalue weighted by Gasteiger charge is -2.15. The van der Waals surface area contributed by atoms with E-state index >= 15 is 0 Å². The Bertz CT molecular complexity index is 473. The molecular weight excluding hydrogens is 278 g/mol. The normalized spacial score (nSPS) is 21.1. The van der Waals surface area contributed by atoms with Gasteiger partial charge in [-0.25, -0.2) is 0 Å². The first-order valence-electron chi connectivity index (χ1n) is 7.97. The van der Waals surface area contributed by atoms with E-state index in [-0.39, 0.29) is 11.9 Å². The standard InChI is InChI=1S/C17H27N3O2/c1-20(2)10-11-22-15-8-6-14(7-9-15)19-17(21)12-13-4-3-5-16(13)18/h6-9,13,16H,3-5,10-12,18H2,1-2H3,(H,19,21)/t13-,16+/m0/s1. The van der Waals surface area contributed by atoms with Crippen molar-refractivity contribution in [2.75, 3.05) is 32.6 Å². The van der Waals surface area contributed by atoms with Crippen LogP contribution in [0.4, 0.5) is 5.69 Å². The Hall–Kier alpha value is -1.59. The summed E-state index contributed by atoms with van der Waals surface area (Å²) >= 11 is 0. The summed E-state index contributed by atoms with van der Waals surface area (Å²) in [4.78, 5) is 14.1. The van der Waals surface area contributed by atoms with Crippen molar-refractivity contribution in [1.29, 1.82) is 0 Å². The van der Waals surface area contributed by atoms with Crippen LogP contribution in [0.2, 0.25) is 0 Å². The number of anilines is 1. The number of nitrogens with one attached hydrogen (secondary N) is 1. The molecule has 1 aromatic carbocycles. The fraction of sp³-hybridized carbons (Fsp3) is 0.588. The van der Waals surface area contributed by atoms with Crippen molar-refractivity contribution in [3.8, 4) is 5.75 Å². The number of hydrogen-bond donors (Lipinski definition) is 2. The summed E-state index contributed by atoms with van der Waals surface area (Å²) in [5.41, 5.74) is 6.81. The average Bonchev–Trinajstić information content (AvgIpc) is 2.86. The van der Waals surface area contributed by atoms with Gasteiger partial charge in [0.05, 0.1) is 0 Å². The number of carbonyl (C=O) groups excluding carboxylic acids is 1. The second-order valence-electron chi connectivity index (χ2n) is 6.28. The number of amides is 1. The van der Waals surface area contributed by atoms with Gasteiger partial charge < -0.3 is 20.7 Å². The van der Waals surface area contributed by atoms with Crippen LogP contribution in [-0.2, 0) is 4.79 Å². The van der Waals surface area contributed by atoms with Crippen molar-refractivity contribution in [3.63, 3.8) is 0 Å². The van der Waals surface area contributed by atoms with Gasteiger partial charge in [-0.2, -0.15) is 0 Å². The van der Waals surface area contributed by atoms with Gasteiger partial charge in [0.1, 0.15) is 12.4 Å². The molecule has 2 atom stereocenters. The fourth-order valence-corrected chi connectivity index (χ4v) is 2.75. The first-order chi connectivity index (χ1) is 10.5. The van der Waals surface area contributed by atoms with Crippen LogP contribution >= 0.6 is 0 Å². The third-order valence-electron chi connectivity index (χ3n) is 4.11. The molecule has 1 aromatic rings. The monoisotopic (exact) mass is 305 g/mol. The molecule has 0 aromatic heterocycles. The second kappa shape index (κ2) is 8.15. The number of nitrogens with zero attached hydrogens (tertiary/aromatic N) is 1. The third kappa shape index (κ3) is 5.31. The average molecular weight is 305 g/mol. The zero-order chi connectivity index (χ0) is 15.9. The highest BCUT2D eigenvalue weighted by Gasteiger charge is 2.25. The largest absolute Gasteiger partial charge is 0.492 e. The van der Waals surface area contributed by atoms with Crippen molar-refractivity contribution in [3.05, 3.63) is 24.3 Å². The Morgan fingerprint density at radius 3 is 2.64 bits per heavy atom. The minimum atomic E-state index is 0.0450. The van der Waals surface area contributed by atoms with E-state index in [0.717, 1.165) is 37.2 Å². The maximum atomic E-state index is 12.0. The molecule has 5 heteroatoms. The van der Waals surface area contributed by atoms with Gasteiger partial charge in [-0.1, -0.05) is 6.42 Å². The Kier molecular flexibility index (Phi) is 6.21. The van der Waals surface area contributed by atoms with Gasteiger partial charge >= 0.3 is 0 Å². The van der Waals surface area contributed by atoms with Crippen molar-refractivity contribution < 1.29 is 9.53 Å². The van der Waals surface area contributed by atoms with Crippen LogP contribution in [0, 0.1) is 5.92 Å². The van der Waals surface area contributed by atoms with Crippen LogP contribution in [0.5, 0.6) is 5.75 Å². The van der Waals surface area contributed by atoms with E-state index < -0.39 is 0 Å². The molecule has 0 bridgehead atoms. The third-order valence-corrected chi connectivity index (χ3v) is 4.11. The summed E-state index contributed by atoms with van der Waals surface area (Å²) in [7, 11) is 4.02. The second-order valence-corrected chi connectivity index (χ2v) is 6.28. The summed E-state index contributed by atoms with van der Waals surface area (Å²) < 4.78 is 5.63. The predicted octanol–water partition coefficient (Wildman–Crippen LogP) is 2.08. The quantitative estimate of drug-likeness (QED) is 0.809. The zero-order valence-corrected chi connectivity index (χ0v) is 13.5. The van der Waals surface area contributed by atoms with Crippen LogP contribution in [0.1, 0.15) is 25.7 Å². The van der Waals surface area contributed by atoms with E-state index in [1.807, 2.05) is 38.4 Å². The summed E-state index contributed by atoms with van der Waals surface area (Å²) in [6, 6.07) is 7.69. The topological polar surface area (TPSA) is 67.6 Å². The Balaban J connectivity index is 1.76. The first kappa shape index (κ1) is 16.8. The summed E-state index contributed by atoms with van der Waals surface area (Å²) in [5.74, 6) is 1.19. The van der Waals surface area contributed by atoms with E-state index in [2.05, 4.69) is 10.2 Å². The zero-order valence-electron chi connectivity index (χ0n) is 13.5. The molecule has 5 nitrogen and oxygen atoms in total. The van der Waals surface area contributed by atoms with Gasteiger partial charge in [-0.3, -0.25) is 4.79 Å². The Labute approximate surface area is 132 Å². The number of likely N-dealkylation sites (N-methyl/N-ethyl adjacent to an activating group) is 1. The van der Waals surface area contributed by atoms with Gasteiger partial charge in [0.15, 0.2) is 0 Å². The Morgan fingerprint density at radius 1 is 1.32 bits per heavy atom. The van der Waals surface area contributed by atoms with Crippen molar-refractivity contribution in [2.45, 2.75) is 31.7 Å². The number of benzene rings is 1. The van der Waals surface area contributed by atoms with Gasteiger partial charge in [-0.15, -0.1) is 0 Å². The summed E-state index contributed by atoms with van der Waals surface area (Å²) in [6.07, 6.45) is 3.75. The van der Waals surface area contributed by atoms with Crippen molar-refractivity contribution in [1.82, 2.24) is 4.90 Å². The first-order valence-corrected chi connectivity index (χ1v) is 7.97. The molecular formula is C17H27N3O2. The number of hydrogen-bond acceptors (Lipinski definition) is 4.